The van der Waals surface area contributed by atoms with Crippen LogP contribution in [0.15, 0.2) is 53.4 Å². The zero-order valence-electron chi connectivity index (χ0n) is 14.6. The van der Waals surface area contributed by atoms with Gasteiger partial charge in [-0.2, -0.15) is 8.78 Å². The van der Waals surface area contributed by atoms with Crippen LogP contribution in [-0.4, -0.2) is 35.6 Å². The van der Waals surface area contributed by atoms with Crippen LogP contribution >= 0.6 is 11.8 Å². The third kappa shape index (κ3) is 6.32. The highest BCUT2D eigenvalue weighted by Crippen LogP contribution is 2.29. The molecule has 0 atom stereocenters. The molecule has 1 N–H and O–H groups in total. The molecule has 0 heterocycles. The Morgan fingerprint density at radius 2 is 1.78 bits per heavy atom. The molecule has 0 aromatic heterocycles. The van der Waals surface area contributed by atoms with E-state index in [0.29, 0.717) is 11.8 Å². The zero-order chi connectivity index (χ0) is 19.8. The lowest BCUT2D eigenvalue weighted by atomic mass is 10.2. The van der Waals surface area contributed by atoms with Gasteiger partial charge in [0.05, 0.1) is 12.1 Å². The quantitative estimate of drug-likeness (QED) is 0.688. The third-order valence-electron chi connectivity index (χ3n) is 3.74. The number of nitrogens with zero attached hydrogens (tertiary/aromatic N) is 1. The summed E-state index contributed by atoms with van der Waals surface area (Å²) in [5, 5.41) is 2.66. The van der Waals surface area contributed by atoms with Gasteiger partial charge in [0, 0.05) is 18.0 Å². The Hall–Kier alpha value is -2.48. The van der Waals surface area contributed by atoms with Crippen LogP contribution in [-0.2, 0) is 11.3 Å². The van der Waals surface area contributed by atoms with E-state index in [-0.39, 0.29) is 35.9 Å². The molecule has 0 unspecified atom stereocenters. The minimum Gasteiger partial charge on any atom is -0.350 e. The van der Waals surface area contributed by atoms with E-state index in [1.165, 1.54) is 29.2 Å². The molecule has 8 heteroatoms. The molecule has 27 heavy (non-hydrogen) atoms. The molecule has 2 aromatic rings. The van der Waals surface area contributed by atoms with E-state index in [2.05, 4.69) is 5.32 Å². The maximum atomic E-state index is 12.9. The van der Waals surface area contributed by atoms with Gasteiger partial charge >= 0.3 is 0 Å². The van der Waals surface area contributed by atoms with E-state index in [0.717, 1.165) is 5.56 Å². The minimum absolute atomic E-state index is 0.135. The standard InChI is InChI=1S/C19H19F3N2O2S/c1-2-24(12-17(25)23-11-13-7-9-14(20)10-8-13)18(26)15-5-3-4-6-16(15)27-19(21)22/h3-10,19H,2,11-12H2,1H3,(H,23,25). The number of hydrogen-bond donors (Lipinski definition) is 1. The average Bonchev–Trinajstić information content (AvgIpc) is 2.65. The molecule has 0 aliphatic carbocycles. The summed E-state index contributed by atoms with van der Waals surface area (Å²) in [5.74, 6) is -3.90. The Morgan fingerprint density at radius 1 is 1.11 bits per heavy atom. The van der Waals surface area contributed by atoms with E-state index in [4.69, 9.17) is 0 Å². The molecule has 0 bridgehead atoms. The van der Waals surface area contributed by atoms with Crippen molar-refractivity contribution in [2.75, 3.05) is 13.1 Å². The number of thioether (sulfide) groups is 1. The Morgan fingerprint density at radius 3 is 2.41 bits per heavy atom. The van der Waals surface area contributed by atoms with Gasteiger partial charge in [0.2, 0.25) is 5.91 Å². The van der Waals surface area contributed by atoms with Gasteiger partial charge < -0.3 is 10.2 Å². The van der Waals surface area contributed by atoms with Crippen LogP contribution in [0.1, 0.15) is 22.8 Å². The second-order valence-electron chi connectivity index (χ2n) is 5.60. The van der Waals surface area contributed by atoms with Crippen molar-refractivity contribution in [3.63, 3.8) is 0 Å². The number of likely N-dealkylation sites (N-methyl/N-ethyl adjacent to an activating group) is 1. The van der Waals surface area contributed by atoms with Gasteiger partial charge in [-0.05, 0) is 36.8 Å². The van der Waals surface area contributed by atoms with Crippen molar-refractivity contribution >= 4 is 23.6 Å². The topological polar surface area (TPSA) is 49.4 Å². The van der Waals surface area contributed by atoms with Crippen LogP contribution in [0.3, 0.4) is 0 Å². The lowest BCUT2D eigenvalue weighted by Crippen LogP contribution is -2.40. The van der Waals surface area contributed by atoms with Crippen LogP contribution in [0.25, 0.3) is 0 Å². The fraction of sp³-hybridized carbons (Fsp3) is 0.263. The van der Waals surface area contributed by atoms with Crippen LogP contribution < -0.4 is 5.32 Å². The van der Waals surface area contributed by atoms with Crippen LogP contribution in [0, 0.1) is 5.82 Å². The van der Waals surface area contributed by atoms with Crippen molar-refractivity contribution in [3.8, 4) is 0 Å². The van der Waals surface area contributed by atoms with E-state index in [1.807, 2.05) is 0 Å². The number of carbonyl (C=O) groups is 2. The number of rotatable bonds is 8. The first-order valence-corrected chi connectivity index (χ1v) is 9.13. The Balaban J connectivity index is 2.00. The molecule has 0 aliphatic rings. The summed E-state index contributed by atoms with van der Waals surface area (Å²) in [6.45, 7) is 1.94. The molecule has 0 aliphatic heterocycles. The first-order chi connectivity index (χ1) is 12.9. The zero-order valence-corrected chi connectivity index (χ0v) is 15.4. The molecule has 0 fully saturated rings. The smallest absolute Gasteiger partial charge is 0.288 e. The lowest BCUT2D eigenvalue weighted by molar-refractivity contribution is -0.121. The molecule has 0 radical (unpaired) electrons. The molecular formula is C19H19F3N2O2S. The summed E-state index contributed by atoms with van der Waals surface area (Å²) in [6.07, 6.45) is 0. The summed E-state index contributed by atoms with van der Waals surface area (Å²) in [6, 6.07) is 11.8. The SMILES string of the molecule is CCN(CC(=O)NCc1ccc(F)cc1)C(=O)c1ccccc1SC(F)F. The van der Waals surface area contributed by atoms with Crippen molar-refractivity contribution in [2.24, 2.45) is 0 Å². The first kappa shape index (κ1) is 20.8. The molecule has 2 amide bonds. The second kappa shape index (κ2) is 10.0. The monoisotopic (exact) mass is 396 g/mol. The summed E-state index contributed by atoms with van der Waals surface area (Å²) < 4.78 is 38.3. The fourth-order valence-corrected chi connectivity index (χ4v) is 3.00. The Bertz CT molecular complexity index is 785. The van der Waals surface area contributed by atoms with Crippen LogP contribution in [0.5, 0.6) is 0 Å². The minimum atomic E-state index is -2.65. The van der Waals surface area contributed by atoms with E-state index >= 15 is 0 Å². The van der Waals surface area contributed by atoms with Crippen LogP contribution in [0.4, 0.5) is 13.2 Å². The summed E-state index contributed by atoms with van der Waals surface area (Å²) in [5.41, 5.74) is 0.855. The average molecular weight is 396 g/mol. The molecule has 0 saturated carbocycles. The molecule has 144 valence electrons. The Labute approximate surface area is 159 Å². The van der Waals surface area contributed by atoms with Crippen molar-refractivity contribution in [3.05, 3.63) is 65.5 Å². The summed E-state index contributed by atoms with van der Waals surface area (Å²) in [4.78, 5) is 26.3. The van der Waals surface area contributed by atoms with E-state index < -0.39 is 17.6 Å². The fourth-order valence-electron chi connectivity index (χ4n) is 2.37. The number of carbonyl (C=O) groups excluding carboxylic acids is 2. The van der Waals surface area contributed by atoms with Gasteiger partial charge in [0.1, 0.15) is 5.82 Å². The summed E-state index contributed by atoms with van der Waals surface area (Å²) in [7, 11) is 0. The largest absolute Gasteiger partial charge is 0.350 e. The maximum absolute atomic E-state index is 12.9. The number of nitrogens with one attached hydrogen (secondary N) is 1. The molecule has 2 rings (SSSR count). The van der Waals surface area contributed by atoms with Gasteiger partial charge in [-0.15, -0.1) is 0 Å². The third-order valence-corrected chi connectivity index (χ3v) is 4.53. The number of alkyl halides is 2. The predicted molar refractivity (Wildman–Crippen MR) is 98.1 cm³/mol. The number of hydrogen-bond acceptors (Lipinski definition) is 3. The summed E-state index contributed by atoms with van der Waals surface area (Å²) >= 11 is 0.297. The highest BCUT2D eigenvalue weighted by Gasteiger charge is 2.21. The van der Waals surface area contributed by atoms with Crippen LogP contribution in [0.2, 0.25) is 0 Å². The molecule has 0 spiro atoms. The molecule has 4 nitrogen and oxygen atoms in total. The van der Waals surface area contributed by atoms with Crippen molar-refractivity contribution in [1.82, 2.24) is 10.2 Å². The highest BCUT2D eigenvalue weighted by atomic mass is 32.2. The van der Waals surface area contributed by atoms with Gasteiger partial charge in [-0.3, -0.25) is 9.59 Å². The highest BCUT2D eigenvalue weighted by molar-refractivity contribution is 7.99. The lowest BCUT2D eigenvalue weighted by Gasteiger charge is -2.21. The number of halogens is 3. The molecular weight excluding hydrogens is 377 g/mol. The van der Waals surface area contributed by atoms with Crippen molar-refractivity contribution in [2.45, 2.75) is 24.1 Å². The number of amides is 2. The predicted octanol–water partition coefficient (Wildman–Crippen LogP) is 3.92. The van der Waals surface area contributed by atoms with E-state index in [1.54, 1.807) is 31.2 Å². The Kier molecular flexibility index (Phi) is 7.72. The second-order valence-corrected chi connectivity index (χ2v) is 6.63. The van der Waals surface area contributed by atoms with Crippen molar-refractivity contribution < 1.29 is 22.8 Å². The first-order valence-electron chi connectivity index (χ1n) is 8.25. The van der Waals surface area contributed by atoms with Crippen molar-refractivity contribution in [1.29, 1.82) is 0 Å². The van der Waals surface area contributed by atoms with Gasteiger partial charge in [-0.25, -0.2) is 4.39 Å². The van der Waals surface area contributed by atoms with E-state index in [9.17, 15) is 22.8 Å². The molecule has 2 aromatic carbocycles. The maximum Gasteiger partial charge on any atom is 0.288 e. The normalized spacial score (nSPS) is 10.7. The van der Waals surface area contributed by atoms with Gasteiger partial charge in [-0.1, -0.05) is 36.0 Å². The van der Waals surface area contributed by atoms with Gasteiger partial charge in [0.15, 0.2) is 0 Å². The van der Waals surface area contributed by atoms with Gasteiger partial charge in [0.25, 0.3) is 11.7 Å². The molecule has 0 saturated heterocycles. The number of benzene rings is 2.